The Labute approximate surface area is 315 Å². The Bertz CT molecular complexity index is 2250. The predicted molar refractivity (Wildman–Crippen MR) is 210 cm³/mol. The standard InChI is InChI=1S/C26H29NO.C17H14F3N3O2S/c1-4-25(21-11-7-5-8-12-21)26(22-13-9-6-10-14-22)23-15-17-24(18-16-23)28-20-19-27(2)3;1-11-2-4-12(5-3-11)15-10-16(17(18,19)20)22-23(15)13-6-8-14(9-7-13)26(21,24)25/h5-18H,4,19-20H2,1-3H3;2-10H,1H3,(H2,21,24,25)/b26-25-;. The molecule has 11 heteroatoms. The maximum absolute atomic E-state index is 13.1. The highest BCUT2D eigenvalue weighted by atomic mass is 32.2. The summed E-state index contributed by atoms with van der Waals surface area (Å²) in [6.07, 6.45) is -3.64. The first-order chi connectivity index (χ1) is 25.7. The van der Waals surface area contributed by atoms with E-state index in [1.807, 2.05) is 6.92 Å². The fourth-order valence-electron chi connectivity index (χ4n) is 5.77. The van der Waals surface area contributed by atoms with Crippen LogP contribution in [0.1, 0.15) is 41.3 Å². The van der Waals surface area contributed by atoms with Gasteiger partial charge in [-0.1, -0.05) is 110 Å². The van der Waals surface area contributed by atoms with Crippen LogP contribution in [-0.2, 0) is 16.2 Å². The number of likely N-dealkylation sites (N-methyl/N-ethyl adjacent to an activating group) is 1. The topological polar surface area (TPSA) is 90.4 Å². The van der Waals surface area contributed by atoms with Gasteiger partial charge in [0.15, 0.2) is 5.69 Å². The van der Waals surface area contributed by atoms with Gasteiger partial charge in [0.25, 0.3) is 0 Å². The fourth-order valence-corrected chi connectivity index (χ4v) is 6.29. The van der Waals surface area contributed by atoms with Gasteiger partial charge in [-0.2, -0.15) is 18.3 Å². The lowest BCUT2D eigenvalue weighted by atomic mass is 9.88. The van der Waals surface area contributed by atoms with Crippen LogP contribution in [0.3, 0.4) is 0 Å². The van der Waals surface area contributed by atoms with Crippen molar-refractivity contribution in [3.8, 4) is 22.7 Å². The molecule has 0 saturated heterocycles. The molecule has 280 valence electrons. The molecule has 6 rings (SSSR count). The van der Waals surface area contributed by atoms with Crippen LogP contribution in [0.5, 0.6) is 5.75 Å². The predicted octanol–water partition coefficient (Wildman–Crippen LogP) is 9.51. The number of rotatable bonds is 11. The first-order valence-corrected chi connectivity index (χ1v) is 18.9. The highest BCUT2D eigenvalue weighted by molar-refractivity contribution is 7.89. The largest absolute Gasteiger partial charge is 0.492 e. The van der Waals surface area contributed by atoms with Crippen molar-refractivity contribution in [1.29, 1.82) is 0 Å². The van der Waals surface area contributed by atoms with Gasteiger partial charge in [-0.05, 0) is 97.7 Å². The Morgan fingerprint density at radius 1 is 0.778 bits per heavy atom. The van der Waals surface area contributed by atoms with E-state index in [1.54, 1.807) is 24.3 Å². The summed E-state index contributed by atoms with van der Waals surface area (Å²) in [5.41, 5.74) is 7.36. The summed E-state index contributed by atoms with van der Waals surface area (Å²) in [7, 11) is 0.213. The number of nitrogens with two attached hydrogens (primary N) is 1. The Hall–Kier alpha value is -5.49. The summed E-state index contributed by atoms with van der Waals surface area (Å²) in [5, 5.41) is 8.70. The van der Waals surface area contributed by atoms with Crippen molar-refractivity contribution < 1.29 is 26.3 Å². The number of nitrogens with zero attached hydrogens (tertiary/aromatic N) is 3. The Balaban J connectivity index is 0.000000208. The van der Waals surface area contributed by atoms with E-state index < -0.39 is 21.9 Å². The van der Waals surface area contributed by atoms with Gasteiger partial charge in [-0.25, -0.2) is 18.2 Å². The van der Waals surface area contributed by atoms with Crippen molar-refractivity contribution in [3.05, 3.63) is 167 Å². The summed E-state index contributed by atoms with van der Waals surface area (Å²) < 4.78 is 69.1. The Morgan fingerprint density at radius 2 is 1.33 bits per heavy atom. The average Bonchev–Trinajstić information content (AvgIpc) is 3.62. The molecule has 0 aliphatic rings. The molecule has 7 nitrogen and oxygen atoms in total. The molecular formula is C43H43F3N4O3S. The molecule has 1 aromatic heterocycles. The first kappa shape index (κ1) is 39.7. The van der Waals surface area contributed by atoms with Crippen LogP contribution in [0.25, 0.3) is 28.1 Å². The minimum absolute atomic E-state index is 0.138. The van der Waals surface area contributed by atoms with Crippen molar-refractivity contribution in [1.82, 2.24) is 14.7 Å². The van der Waals surface area contributed by atoms with E-state index in [9.17, 15) is 21.6 Å². The number of ether oxygens (including phenoxy) is 1. The van der Waals surface area contributed by atoms with Crippen molar-refractivity contribution in [2.45, 2.75) is 31.3 Å². The first-order valence-electron chi connectivity index (χ1n) is 17.3. The van der Waals surface area contributed by atoms with Crippen LogP contribution >= 0.6 is 0 Å². The summed E-state index contributed by atoms with van der Waals surface area (Å²) >= 11 is 0. The molecule has 0 radical (unpaired) electrons. The van der Waals surface area contributed by atoms with Gasteiger partial charge >= 0.3 is 6.18 Å². The number of alkyl halides is 3. The molecular weight excluding hydrogens is 710 g/mol. The molecule has 6 aromatic rings. The molecule has 54 heavy (non-hydrogen) atoms. The molecule has 0 aliphatic heterocycles. The number of hydrogen-bond acceptors (Lipinski definition) is 5. The van der Waals surface area contributed by atoms with Gasteiger partial charge in [0.05, 0.1) is 16.3 Å². The highest BCUT2D eigenvalue weighted by Gasteiger charge is 2.35. The lowest BCUT2D eigenvalue weighted by Gasteiger charge is -2.17. The minimum atomic E-state index is -4.61. The van der Waals surface area contributed by atoms with E-state index in [2.05, 4.69) is 116 Å². The number of aromatic nitrogens is 2. The number of hydrogen-bond donors (Lipinski definition) is 1. The summed E-state index contributed by atoms with van der Waals surface area (Å²) in [6.45, 7) is 5.70. The lowest BCUT2D eigenvalue weighted by molar-refractivity contribution is -0.141. The number of sulfonamides is 1. The lowest BCUT2D eigenvalue weighted by Crippen LogP contribution is -2.19. The number of aryl methyl sites for hydroxylation is 1. The van der Waals surface area contributed by atoms with Crippen LogP contribution in [0.2, 0.25) is 0 Å². The van der Waals surface area contributed by atoms with E-state index in [0.29, 0.717) is 12.2 Å². The Kier molecular flexibility index (Phi) is 12.9. The highest BCUT2D eigenvalue weighted by Crippen LogP contribution is 2.36. The number of halogens is 3. The van der Waals surface area contributed by atoms with Gasteiger partial charge in [0.2, 0.25) is 10.0 Å². The second kappa shape index (κ2) is 17.6. The van der Waals surface area contributed by atoms with Gasteiger partial charge < -0.3 is 9.64 Å². The van der Waals surface area contributed by atoms with E-state index in [1.165, 1.54) is 52.1 Å². The van der Waals surface area contributed by atoms with Crippen LogP contribution in [0, 0.1) is 6.92 Å². The molecule has 0 spiro atoms. The maximum atomic E-state index is 13.1. The molecule has 0 bridgehead atoms. The van der Waals surface area contributed by atoms with Crippen molar-refractivity contribution in [3.63, 3.8) is 0 Å². The third-order valence-electron chi connectivity index (χ3n) is 8.55. The zero-order chi connectivity index (χ0) is 38.9. The molecule has 0 fully saturated rings. The molecule has 1 heterocycles. The molecule has 2 N–H and O–H groups in total. The second-order valence-corrected chi connectivity index (χ2v) is 14.4. The molecule has 0 saturated carbocycles. The second-order valence-electron chi connectivity index (χ2n) is 12.8. The third kappa shape index (κ3) is 10.3. The summed E-state index contributed by atoms with van der Waals surface area (Å²) in [6, 6.07) is 42.9. The SMILES string of the molecule is CC/C(=C(\c1ccccc1)c1ccc(OCCN(C)C)cc1)c1ccccc1.Cc1ccc(-c2cc(C(F)(F)F)nn2-c2ccc(S(N)(=O)=O)cc2)cc1. The Morgan fingerprint density at radius 3 is 1.85 bits per heavy atom. The van der Waals surface area contributed by atoms with Gasteiger partial charge in [0, 0.05) is 12.1 Å². The molecule has 0 aliphatic carbocycles. The zero-order valence-electron chi connectivity index (χ0n) is 30.6. The van der Waals surface area contributed by atoms with E-state index in [-0.39, 0.29) is 16.3 Å². The maximum Gasteiger partial charge on any atom is 0.435 e. The summed E-state index contributed by atoms with van der Waals surface area (Å²) in [4.78, 5) is 1.99. The molecule has 0 atom stereocenters. The smallest absolute Gasteiger partial charge is 0.435 e. The van der Waals surface area contributed by atoms with E-state index >= 15 is 0 Å². The number of benzene rings is 5. The number of primary sulfonamides is 1. The van der Waals surface area contributed by atoms with Crippen molar-refractivity contribution in [2.24, 2.45) is 5.14 Å². The monoisotopic (exact) mass is 752 g/mol. The average molecular weight is 753 g/mol. The fraction of sp³-hybridized carbons (Fsp3) is 0.186. The van der Waals surface area contributed by atoms with Crippen LogP contribution in [0.4, 0.5) is 13.2 Å². The van der Waals surface area contributed by atoms with Gasteiger partial charge in [0.1, 0.15) is 12.4 Å². The van der Waals surface area contributed by atoms with Gasteiger partial charge in [-0.15, -0.1) is 0 Å². The third-order valence-corrected chi connectivity index (χ3v) is 9.48. The van der Waals surface area contributed by atoms with Crippen LogP contribution in [-0.4, -0.2) is 50.3 Å². The van der Waals surface area contributed by atoms with E-state index in [0.717, 1.165) is 35.0 Å². The summed E-state index contributed by atoms with van der Waals surface area (Å²) in [5.74, 6) is 0.913. The minimum Gasteiger partial charge on any atom is -0.492 e. The van der Waals surface area contributed by atoms with Crippen molar-refractivity contribution >= 4 is 21.2 Å². The van der Waals surface area contributed by atoms with Crippen LogP contribution < -0.4 is 9.88 Å². The quantitative estimate of drug-likeness (QED) is 0.133. The normalized spacial score (nSPS) is 12.2. The molecule has 0 amide bonds. The van der Waals surface area contributed by atoms with Crippen molar-refractivity contribution in [2.75, 3.05) is 27.2 Å². The van der Waals surface area contributed by atoms with Crippen LogP contribution in [0.15, 0.2) is 144 Å². The number of allylic oxidation sites excluding steroid dienone is 1. The van der Waals surface area contributed by atoms with Gasteiger partial charge in [-0.3, -0.25) is 0 Å². The zero-order valence-corrected chi connectivity index (χ0v) is 31.4. The molecule has 0 unspecified atom stereocenters. The van der Waals surface area contributed by atoms with E-state index in [4.69, 9.17) is 9.88 Å². The molecule has 5 aromatic carbocycles.